The van der Waals surface area contributed by atoms with Crippen molar-refractivity contribution < 1.29 is 9.72 Å². The highest BCUT2D eigenvalue weighted by atomic mass is 79.9. The molecule has 2 N–H and O–H groups in total. The molecule has 1 aliphatic rings. The number of nitrogens with one attached hydrogen (secondary N) is 2. The second kappa shape index (κ2) is 4.09. The Balaban J connectivity index is 2.50. The molecule has 7 heteroatoms. The van der Waals surface area contributed by atoms with Gasteiger partial charge in [-0.25, -0.2) is 0 Å². The Kier molecular flexibility index (Phi) is 2.78. The van der Waals surface area contributed by atoms with Crippen LogP contribution >= 0.6 is 15.9 Å². The van der Waals surface area contributed by atoms with Gasteiger partial charge in [0.1, 0.15) is 0 Å². The molecule has 0 spiro atoms. The molecule has 1 aromatic rings. The first-order valence-electron chi connectivity index (χ1n) is 4.59. The number of hydrogen-bond acceptors (Lipinski definition) is 4. The monoisotopic (exact) mass is 285 g/mol. The Labute approximate surface area is 99.3 Å². The Morgan fingerprint density at radius 3 is 2.81 bits per heavy atom. The van der Waals surface area contributed by atoms with Crippen molar-refractivity contribution in [2.24, 2.45) is 0 Å². The first kappa shape index (κ1) is 10.9. The van der Waals surface area contributed by atoms with E-state index in [0.717, 1.165) is 0 Å². The molecule has 6 nitrogen and oxygen atoms in total. The van der Waals surface area contributed by atoms with Gasteiger partial charge < -0.3 is 10.6 Å². The fraction of sp³-hybridized carbons (Fsp3) is 0.222. The van der Waals surface area contributed by atoms with Gasteiger partial charge in [0.25, 0.3) is 5.69 Å². The van der Waals surface area contributed by atoms with Gasteiger partial charge in [-0.15, -0.1) is 0 Å². The largest absolute Gasteiger partial charge is 0.383 e. The van der Waals surface area contributed by atoms with Crippen LogP contribution in [0.2, 0.25) is 0 Å². The minimum atomic E-state index is -0.499. The summed E-state index contributed by atoms with van der Waals surface area (Å²) in [6.45, 7) is 0.517. The van der Waals surface area contributed by atoms with Crippen molar-refractivity contribution in [3.63, 3.8) is 0 Å². The van der Waals surface area contributed by atoms with Crippen LogP contribution in [0.3, 0.4) is 0 Å². The van der Waals surface area contributed by atoms with E-state index >= 15 is 0 Å². The van der Waals surface area contributed by atoms with Gasteiger partial charge in [-0.2, -0.15) is 0 Å². The summed E-state index contributed by atoms with van der Waals surface area (Å²) in [5.41, 5.74) is 1.06. The van der Waals surface area contributed by atoms with E-state index in [1.54, 1.807) is 6.07 Å². The van der Waals surface area contributed by atoms with Crippen molar-refractivity contribution in [1.82, 2.24) is 0 Å². The molecule has 84 valence electrons. The van der Waals surface area contributed by atoms with E-state index in [4.69, 9.17) is 0 Å². The molecule has 0 aromatic heterocycles. The fourth-order valence-corrected chi connectivity index (χ4v) is 1.96. The summed E-state index contributed by atoms with van der Waals surface area (Å²) in [5, 5.41) is 16.4. The number of carbonyl (C=O) groups excluding carboxylic acids is 1. The number of fused-ring (bicyclic) bond motifs is 1. The summed E-state index contributed by atoms with van der Waals surface area (Å²) in [6, 6.07) is 2.94. The van der Waals surface area contributed by atoms with Crippen LogP contribution in [0.1, 0.15) is 6.42 Å². The van der Waals surface area contributed by atoms with Crippen LogP contribution in [0.25, 0.3) is 0 Å². The third kappa shape index (κ3) is 1.99. The van der Waals surface area contributed by atoms with Crippen LogP contribution in [0, 0.1) is 10.1 Å². The number of nitrogens with zero attached hydrogens (tertiary/aromatic N) is 1. The number of benzene rings is 1. The highest BCUT2D eigenvalue weighted by Gasteiger charge is 2.19. The molecule has 0 unspecified atom stereocenters. The van der Waals surface area contributed by atoms with Gasteiger partial charge >= 0.3 is 0 Å². The van der Waals surface area contributed by atoms with E-state index in [9.17, 15) is 14.9 Å². The average Bonchev–Trinajstić information content (AvgIpc) is 2.37. The smallest absolute Gasteiger partial charge is 0.285 e. The molecule has 16 heavy (non-hydrogen) atoms. The lowest BCUT2D eigenvalue weighted by Crippen LogP contribution is -2.10. The van der Waals surface area contributed by atoms with E-state index in [-0.39, 0.29) is 11.6 Å². The van der Waals surface area contributed by atoms with Gasteiger partial charge in [0.2, 0.25) is 5.91 Å². The SMILES string of the molecule is O=C1CCNc2cc(Br)c([N+](=O)[O-])cc2N1. The van der Waals surface area contributed by atoms with Gasteiger partial charge in [-0.1, -0.05) is 0 Å². The number of rotatable bonds is 1. The standard InChI is InChI=1S/C9H8BrN3O3/c10-5-3-6-7(4-8(5)13(15)16)12-9(14)1-2-11-6/h3-4,11H,1-2H2,(H,12,14). The van der Waals surface area contributed by atoms with Crippen LogP contribution < -0.4 is 10.6 Å². The number of nitro benzene ring substituents is 1. The molecule has 0 fully saturated rings. The lowest BCUT2D eigenvalue weighted by atomic mass is 10.2. The molecular formula is C9H8BrN3O3. The number of nitro groups is 1. The maximum atomic E-state index is 11.3. The highest BCUT2D eigenvalue weighted by Crippen LogP contribution is 2.35. The maximum absolute atomic E-state index is 11.3. The van der Waals surface area contributed by atoms with E-state index in [0.29, 0.717) is 28.8 Å². The molecule has 0 radical (unpaired) electrons. The minimum absolute atomic E-state index is 0.0669. The molecule has 0 saturated heterocycles. The Hall–Kier alpha value is -1.63. The molecule has 0 atom stereocenters. The molecule has 2 rings (SSSR count). The zero-order valence-corrected chi connectivity index (χ0v) is 9.70. The molecule has 1 heterocycles. The number of halogens is 1. The first-order valence-corrected chi connectivity index (χ1v) is 5.39. The first-order chi connectivity index (χ1) is 7.58. The second-order valence-corrected chi connectivity index (χ2v) is 4.19. The van der Waals surface area contributed by atoms with E-state index in [2.05, 4.69) is 26.6 Å². The molecule has 0 saturated carbocycles. The molecule has 1 amide bonds. The number of carbonyl (C=O) groups is 1. The van der Waals surface area contributed by atoms with E-state index in [1.807, 2.05) is 0 Å². The van der Waals surface area contributed by atoms with Crippen molar-refractivity contribution in [3.8, 4) is 0 Å². The van der Waals surface area contributed by atoms with Crippen LogP contribution in [-0.4, -0.2) is 17.4 Å². The van der Waals surface area contributed by atoms with Crippen molar-refractivity contribution in [2.75, 3.05) is 17.2 Å². The molecule has 1 aliphatic heterocycles. The Morgan fingerprint density at radius 1 is 1.38 bits per heavy atom. The second-order valence-electron chi connectivity index (χ2n) is 3.33. The maximum Gasteiger partial charge on any atom is 0.285 e. The summed E-state index contributed by atoms with van der Waals surface area (Å²) in [7, 11) is 0. The van der Waals surface area contributed by atoms with Gasteiger partial charge in [0.15, 0.2) is 0 Å². The zero-order valence-electron chi connectivity index (χ0n) is 8.12. The normalized spacial score (nSPS) is 14.4. The van der Waals surface area contributed by atoms with Gasteiger partial charge in [0.05, 0.1) is 20.8 Å². The molecular weight excluding hydrogens is 278 g/mol. The lowest BCUT2D eigenvalue weighted by Gasteiger charge is -2.08. The third-order valence-corrected chi connectivity index (χ3v) is 2.86. The zero-order chi connectivity index (χ0) is 11.7. The fourth-order valence-electron chi connectivity index (χ4n) is 1.47. The predicted molar refractivity (Wildman–Crippen MR) is 62.5 cm³/mol. The quantitative estimate of drug-likeness (QED) is 0.611. The number of anilines is 2. The molecule has 0 aliphatic carbocycles. The lowest BCUT2D eigenvalue weighted by molar-refractivity contribution is -0.385. The van der Waals surface area contributed by atoms with Crippen molar-refractivity contribution >= 4 is 38.9 Å². The summed E-state index contributed by atoms with van der Waals surface area (Å²) in [5.74, 6) is -0.150. The minimum Gasteiger partial charge on any atom is -0.383 e. The van der Waals surface area contributed by atoms with E-state index < -0.39 is 4.92 Å². The topological polar surface area (TPSA) is 84.3 Å². The molecule has 0 bridgehead atoms. The summed E-state index contributed by atoms with van der Waals surface area (Å²) in [6.07, 6.45) is 0.347. The van der Waals surface area contributed by atoms with Crippen LogP contribution in [0.5, 0.6) is 0 Å². The Bertz CT molecular complexity index is 475. The molecule has 1 aromatic carbocycles. The van der Waals surface area contributed by atoms with Crippen LogP contribution in [0.15, 0.2) is 16.6 Å². The number of amides is 1. The summed E-state index contributed by atoms with van der Waals surface area (Å²) < 4.78 is 0.389. The van der Waals surface area contributed by atoms with Gasteiger partial charge in [-0.3, -0.25) is 14.9 Å². The van der Waals surface area contributed by atoms with Crippen LogP contribution in [0.4, 0.5) is 17.1 Å². The van der Waals surface area contributed by atoms with Gasteiger partial charge in [-0.05, 0) is 22.0 Å². The predicted octanol–water partition coefficient (Wildman–Crippen LogP) is 2.11. The third-order valence-electron chi connectivity index (χ3n) is 2.23. The van der Waals surface area contributed by atoms with Crippen molar-refractivity contribution in [2.45, 2.75) is 6.42 Å². The van der Waals surface area contributed by atoms with Crippen molar-refractivity contribution in [3.05, 3.63) is 26.7 Å². The van der Waals surface area contributed by atoms with Gasteiger partial charge in [0, 0.05) is 19.0 Å². The average molecular weight is 286 g/mol. The van der Waals surface area contributed by atoms with E-state index in [1.165, 1.54) is 6.07 Å². The Morgan fingerprint density at radius 2 is 2.12 bits per heavy atom. The van der Waals surface area contributed by atoms with Crippen LogP contribution in [-0.2, 0) is 4.79 Å². The number of hydrogen-bond donors (Lipinski definition) is 2. The summed E-state index contributed by atoms with van der Waals surface area (Å²) >= 11 is 3.12. The summed E-state index contributed by atoms with van der Waals surface area (Å²) in [4.78, 5) is 21.5. The van der Waals surface area contributed by atoms with Crippen molar-refractivity contribution in [1.29, 1.82) is 0 Å². The highest BCUT2D eigenvalue weighted by molar-refractivity contribution is 9.10.